The van der Waals surface area contributed by atoms with Gasteiger partial charge in [-0.1, -0.05) is 164 Å². The van der Waals surface area contributed by atoms with Crippen LogP contribution in [0.2, 0.25) is 0 Å². The number of ether oxygens (including phenoxy) is 4. The molecule has 0 aromatic rings. The SMILES string of the molecule is CC/C=C\C/C=C\C/C=C\C/C=C\C/C=C\C/C=C\CCCCCCCOCC(COC1OC(CO)C(O)C(OS(=O)(=O)O)C1O)OC(=O)CCCCCCCCCCCC. The molecule has 4 N–H and O–H groups in total. The summed E-state index contributed by atoms with van der Waals surface area (Å²) in [5.41, 5.74) is 0. The minimum Gasteiger partial charge on any atom is -0.457 e. The minimum absolute atomic E-state index is 0.0201. The maximum absolute atomic E-state index is 12.8. The molecule has 352 valence electrons. The van der Waals surface area contributed by atoms with Gasteiger partial charge in [-0.15, -0.1) is 0 Å². The molecule has 1 fully saturated rings. The predicted octanol–water partition coefficient (Wildman–Crippen LogP) is 9.91. The summed E-state index contributed by atoms with van der Waals surface area (Å²) >= 11 is 0. The summed E-state index contributed by atoms with van der Waals surface area (Å²) < 4.78 is 59.0. The van der Waals surface area contributed by atoms with Crippen LogP contribution in [0.15, 0.2) is 72.9 Å². The van der Waals surface area contributed by atoms with Gasteiger partial charge in [-0.3, -0.25) is 9.35 Å². The maximum atomic E-state index is 12.8. The van der Waals surface area contributed by atoms with Crippen LogP contribution in [-0.2, 0) is 38.3 Å². The third kappa shape index (κ3) is 32.8. The van der Waals surface area contributed by atoms with Crippen LogP contribution in [0.1, 0.15) is 162 Å². The monoisotopic (exact) mass is 883 g/mol. The highest BCUT2D eigenvalue weighted by molar-refractivity contribution is 7.80. The van der Waals surface area contributed by atoms with Gasteiger partial charge in [0.05, 0.1) is 19.8 Å². The van der Waals surface area contributed by atoms with Crippen LogP contribution in [0.5, 0.6) is 0 Å². The van der Waals surface area contributed by atoms with Gasteiger partial charge in [0.15, 0.2) is 6.29 Å². The lowest BCUT2D eigenvalue weighted by molar-refractivity contribution is -0.301. The smallest absolute Gasteiger partial charge is 0.397 e. The summed E-state index contributed by atoms with van der Waals surface area (Å²) in [7, 11) is -5.07. The molecule has 0 aromatic carbocycles. The molecule has 1 aliphatic rings. The van der Waals surface area contributed by atoms with E-state index in [1.165, 1.54) is 38.5 Å². The van der Waals surface area contributed by atoms with Crippen molar-refractivity contribution in [3.63, 3.8) is 0 Å². The molecule has 1 aliphatic heterocycles. The van der Waals surface area contributed by atoms with Crippen LogP contribution in [0.25, 0.3) is 0 Å². The zero-order chi connectivity index (χ0) is 44.7. The van der Waals surface area contributed by atoms with E-state index in [9.17, 15) is 28.5 Å². The Hall–Kier alpha value is -2.46. The number of hydrogen-bond donors (Lipinski definition) is 4. The van der Waals surface area contributed by atoms with Gasteiger partial charge in [-0.05, 0) is 64.2 Å². The summed E-state index contributed by atoms with van der Waals surface area (Å²) in [5, 5.41) is 30.6. The van der Waals surface area contributed by atoms with Crippen molar-refractivity contribution in [3.8, 4) is 0 Å². The number of hydrogen-bond acceptors (Lipinski definition) is 11. The zero-order valence-electron chi connectivity index (χ0n) is 37.4. The molecule has 0 saturated carbocycles. The fourth-order valence-electron chi connectivity index (χ4n) is 6.62. The van der Waals surface area contributed by atoms with Crippen LogP contribution in [-0.4, -0.2) is 97.5 Å². The normalized spacial score (nSPS) is 20.8. The van der Waals surface area contributed by atoms with Gasteiger partial charge in [0, 0.05) is 13.0 Å². The lowest BCUT2D eigenvalue weighted by Gasteiger charge is -2.41. The summed E-state index contributed by atoms with van der Waals surface area (Å²) in [6.07, 6.45) is 40.9. The molecule has 13 heteroatoms. The Morgan fingerprint density at radius 3 is 1.66 bits per heavy atom. The van der Waals surface area contributed by atoms with Crippen LogP contribution in [0.4, 0.5) is 0 Å². The molecule has 6 atom stereocenters. The highest BCUT2D eigenvalue weighted by Gasteiger charge is 2.48. The molecule has 0 spiro atoms. The van der Waals surface area contributed by atoms with Crippen LogP contribution < -0.4 is 0 Å². The molecule has 1 rings (SSSR count). The van der Waals surface area contributed by atoms with Gasteiger partial charge >= 0.3 is 16.4 Å². The summed E-state index contributed by atoms with van der Waals surface area (Å²) in [4.78, 5) is 12.8. The molecule has 0 bridgehead atoms. The number of allylic oxidation sites excluding steroid dienone is 12. The van der Waals surface area contributed by atoms with E-state index >= 15 is 0 Å². The van der Waals surface area contributed by atoms with E-state index < -0.39 is 59.8 Å². The van der Waals surface area contributed by atoms with Crippen LogP contribution in [0.3, 0.4) is 0 Å². The highest BCUT2D eigenvalue weighted by atomic mass is 32.3. The van der Waals surface area contributed by atoms with Crippen molar-refractivity contribution < 1.29 is 56.2 Å². The van der Waals surface area contributed by atoms with E-state index in [-0.39, 0.29) is 19.6 Å². The molecular formula is C48H82O12S. The molecule has 6 unspecified atom stereocenters. The number of carbonyl (C=O) groups excluding carboxylic acids is 1. The Bertz CT molecular complexity index is 1340. The second kappa shape index (κ2) is 39.2. The molecule has 0 amide bonds. The largest absolute Gasteiger partial charge is 0.457 e. The van der Waals surface area contributed by atoms with Gasteiger partial charge in [-0.25, -0.2) is 4.18 Å². The van der Waals surface area contributed by atoms with Crippen LogP contribution in [0, 0.1) is 0 Å². The molecule has 1 heterocycles. The summed E-state index contributed by atoms with van der Waals surface area (Å²) in [5.74, 6) is -0.412. The van der Waals surface area contributed by atoms with Crippen molar-refractivity contribution >= 4 is 16.4 Å². The van der Waals surface area contributed by atoms with Crippen LogP contribution >= 0.6 is 0 Å². The topological polar surface area (TPSA) is 178 Å². The molecule has 0 aliphatic carbocycles. The van der Waals surface area contributed by atoms with E-state index in [1.54, 1.807) is 0 Å². The van der Waals surface area contributed by atoms with Gasteiger partial charge in [0.25, 0.3) is 0 Å². The number of rotatable bonds is 39. The van der Waals surface area contributed by atoms with Gasteiger partial charge in [0.2, 0.25) is 0 Å². The van der Waals surface area contributed by atoms with E-state index in [1.807, 2.05) is 0 Å². The standard InChI is InChI=1S/C48H82O12S/c1-3-5-7-9-11-13-15-16-17-18-19-20-21-22-23-24-25-26-27-28-30-32-34-36-38-56-40-42(58-44(50)37-35-33-31-29-14-12-10-8-6-4-2)41-57-48-46(52)47(60-61(53,54)55)45(51)43(39-49)59-48/h5,7,11,13,16-17,19-20,22-23,25-26,42-43,45-49,51-52H,3-4,6,8-10,12,14-15,18,21,24,27-41H2,1-2H3,(H,53,54,55)/b7-5-,13-11-,17-16-,20-19-,23-22-,26-25-. The van der Waals surface area contributed by atoms with Crippen molar-refractivity contribution in [1.82, 2.24) is 0 Å². The third-order valence-electron chi connectivity index (χ3n) is 10.1. The van der Waals surface area contributed by atoms with E-state index in [2.05, 4.69) is 90.9 Å². The Labute approximate surface area is 369 Å². The van der Waals surface area contributed by atoms with Gasteiger partial charge < -0.3 is 34.3 Å². The van der Waals surface area contributed by atoms with Crippen molar-refractivity contribution in [2.45, 2.75) is 198 Å². The number of carbonyl (C=O) groups is 1. The number of unbranched alkanes of at least 4 members (excludes halogenated alkanes) is 14. The summed E-state index contributed by atoms with van der Waals surface area (Å²) in [6.45, 7) is 3.79. The van der Waals surface area contributed by atoms with E-state index in [4.69, 9.17) is 23.5 Å². The van der Waals surface area contributed by atoms with Gasteiger partial charge in [-0.2, -0.15) is 8.42 Å². The Balaban J connectivity index is 2.38. The quantitative estimate of drug-likeness (QED) is 0.0199. The van der Waals surface area contributed by atoms with Crippen molar-refractivity contribution in [2.24, 2.45) is 0 Å². The molecule has 1 saturated heterocycles. The second-order valence-corrected chi connectivity index (χ2v) is 16.7. The Morgan fingerprint density at radius 1 is 0.639 bits per heavy atom. The lowest BCUT2D eigenvalue weighted by atomic mass is 9.99. The van der Waals surface area contributed by atoms with Crippen molar-refractivity contribution in [2.75, 3.05) is 26.4 Å². The first kappa shape index (κ1) is 56.6. The first-order chi connectivity index (χ1) is 29.6. The molecule has 12 nitrogen and oxygen atoms in total. The summed E-state index contributed by atoms with van der Waals surface area (Å²) in [6, 6.07) is 0. The highest BCUT2D eigenvalue weighted by Crippen LogP contribution is 2.26. The Kier molecular flexibility index (Phi) is 36.3. The molecular weight excluding hydrogens is 801 g/mol. The zero-order valence-corrected chi connectivity index (χ0v) is 38.3. The van der Waals surface area contributed by atoms with E-state index in [0.29, 0.717) is 13.0 Å². The molecule has 0 radical (unpaired) electrons. The van der Waals surface area contributed by atoms with Crippen molar-refractivity contribution in [3.05, 3.63) is 72.9 Å². The number of esters is 1. The molecule has 0 aromatic heterocycles. The second-order valence-electron chi connectivity index (χ2n) is 15.6. The first-order valence-corrected chi connectivity index (χ1v) is 24.6. The minimum atomic E-state index is -5.07. The van der Waals surface area contributed by atoms with Gasteiger partial charge in [0.1, 0.15) is 30.5 Å². The first-order valence-electron chi connectivity index (χ1n) is 23.2. The van der Waals surface area contributed by atoms with E-state index in [0.717, 1.165) is 96.3 Å². The number of aliphatic hydroxyl groups excluding tert-OH is 3. The average Bonchev–Trinajstić information content (AvgIpc) is 3.23. The number of aliphatic hydroxyl groups is 3. The third-order valence-corrected chi connectivity index (χ3v) is 10.6. The predicted molar refractivity (Wildman–Crippen MR) is 243 cm³/mol. The maximum Gasteiger partial charge on any atom is 0.397 e. The molecule has 61 heavy (non-hydrogen) atoms. The fourth-order valence-corrected chi connectivity index (χ4v) is 7.12. The fraction of sp³-hybridized carbons (Fsp3) is 0.729. The van der Waals surface area contributed by atoms with Crippen molar-refractivity contribution in [1.29, 1.82) is 0 Å². The lowest BCUT2D eigenvalue weighted by Crippen LogP contribution is -2.60. The Morgan fingerprint density at radius 2 is 1.13 bits per heavy atom. The average molecular weight is 883 g/mol.